The van der Waals surface area contributed by atoms with Gasteiger partial charge >= 0.3 is 0 Å². The van der Waals surface area contributed by atoms with Crippen LogP contribution in [-0.2, 0) is 0 Å². The maximum Gasteiger partial charge on any atom is 0.227 e. The van der Waals surface area contributed by atoms with E-state index >= 15 is 0 Å². The van der Waals surface area contributed by atoms with Gasteiger partial charge in [-0.2, -0.15) is 17.0 Å². The third-order valence-electron chi connectivity index (χ3n) is 7.19. The quantitative estimate of drug-likeness (QED) is 0.201. The maximum atomic E-state index is 10.0. The highest BCUT2D eigenvalue weighted by Gasteiger charge is 2.27. The largest absolute Gasteiger partial charge is 0.493 e. The summed E-state index contributed by atoms with van der Waals surface area (Å²) in [6.45, 7) is 4.18. The average Bonchev–Trinajstić information content (AvgIpc) is 3.36. The Morgan fingerprint density at radius 2 is 2.03 bits per heavy atom. The first-order valence-corrected chi connectivity index (χ1v) is 16.7. The monoisotopic (exact) mass is 565 g/mol. The number of thiophene rings is 1. The van der Waals surface area contributed by atoms with E-state index in [9.17, 15) is 5.26 Å². The highest BCUT2D eigenvalue weighted by molar-refractivity contribution is 8.00. The molecule has 2 aromatic heterocycles. The summed E-state index contributed by atoms with van der Waals surface area (Å²) in [5.74, 6) is 4.31. The van der Waals surface area contributed by atoms with Crippen molar-refractivity contribution in [3.8, 4) is 22.4 Å². The van der Waals surface area contributed by atoms with E-state index in [4.69, 9.17) is 9.72 Å². The number of rotatable bonds is 10. The fourth-order valence-electron chi connectivity index (χ4n) is 5.28. The Kier molecular flexibility index (Phi) is 9.85. The highest BCUT2D eigenvalue weighted by Crippen LogP contribution is 2.47. The van der Waals surface area contributed by atoms with E-state index in [0.717, 1.165) is 57.6 Å². The third kappa shape index (κ3) is 6.84. The molecule has 1 aliphatic carbocycles. The van der Waals surface area contributed by atoms with Crippen molar-refractivity contribution in [3.05, 3.63) is 47.7 Å². The number of hydrogen-bond acceptors (Lipinski definition) is 9. The summed E-state index contributed by atoms with van der Waals surface area (Å²) >= 11 is 5.40. The molecule has 0 radical (unpaired) electrons. The lowest BCUT2D eigenvalue weighted by Crippen LogP contribution is -2.33. The smallest absolute Gasteiger partial charge is 0.227 e. The van der Waals surface area contributed by atoms with Crippen molar-refractivity contribution < 1.29 is 4.74 Å². The number of nitrogens with one attached hydrogen (secondary N) is 1. The topological polar surface area (TPSA) is 74.1 Å². The van der Waals surface area contributed by atoms with E-state index in [0.29, 0.717) is 18.5 Å². The number of nitriles is 1. The first kappa shape index (κ1) is 27.3. The molecule has 0 unspecified atom stereocenters. The molecule has 1 saturated carbocycles. The zero-order valence-electron chi connectivity index (χ0n) is 21.9. The van der Waals surface area contributed by atoms with Crippen LogP contribution in [0.15, 0.2) is 40.7 Å². The van der Waals surface area contributed by atoms with Crippen LogP contribution in [0.2, 0.25) is 0 Å². The average molecular weight is 566 g/mol. The van der Waals surface area contributed by atoms with Crippen LogP contribution in [0.3, 0.4) is 0 Å². The first-order chi connectivity index (χ1) is 18.7. The Labute approximate surface area is 238 Å². The van der Waals surface area contributed by atoms with Gasteiger partial charge in [0.1, 0.15) is 11.8 Å². The molecule has 2 fully saturated rings. The number of aromatic nitrogens is 2. The number of ether oxygens (including phenoxy) is 1. The van der Waals surface area contributed by atoms with Gasteiger partial charge in [0, 0.05) is 49.1 Å². The van der Waals surface area contributed by atoms with Crippen molar-refractivity contribution in [3.63, 3.8) is 0 Å². The molecular formula is C29H35N5OS3. The molecule has 200 valence electrons. The van der Waals surface area contributed by atoms with Gasteiger partial charge in [0.15, 0.2) is 0 Å². The van der Waals surface area contributed by atoms with Crippen molar-refractivity contribution in [1.82, 2.24) is 14.9 Å². The van der Waals surface area contributed by atoms with Gasteiger partial charge in [0.2, 0.25) is 5.95 Å². The van der Waals surface area contributed by atoms with Crippen LogP contribution in [0.4, 0.5) is 11.6 Å². The standard InChI is InChI=1S/C29H35N5OS3/c1-36-28-24(20-30)26(21-7-3-2-4-8-21)27(38-28)25-11-12-31-29(33-25)32-22-9-5-10-23(19-22)35-16-6-13-34-14-17-37-18-15-34/h5,9-12,19,21H,2-4,6-8,13-18H2,1H3,(H,31,32,33). The predicted molar refractivity (Wildman–Crippen MR) is 161 cm³/mol. The van der Waals surface area contributed by atoms with Gasteiger partial charge in [-0.1, -0.05) is 25.3 Å². The van der Waals surface area contributed by atoms with Crippen LogP contribution >= 0.6 is 34.9 Å². The molecule has 1 N–H and O–H groups in total. The van der Waals surface area contributed by atoms with Crippen molar-refractivity contribution in [2.75, 3.05) is 49.3 Å². The minimum absolute atomic E-state index is 0.430. The Bertz CT molecular complexity index is 1250. The lowest BCUT2D eigenvalue weighted by molar-refractivity contribution is 0.248. The lowest BCUT2D eigenvalue weighted by atomic mass is 9.82. The Hall–Kier alpha value is -2.25. The zero-order valence-corrected chi connectivity index (χ0v) is 24.4. The summed E-state index contributed by atoms with van der Waals surface area (Å²) in [7, 11) is 0. The Morgan fingerprint density at radius 3 is 2.82 bits per heavy atom. The molecule has 0 bridgehead atoms. The van der Waals surface area contributed by atoms with Gasteiger partial charge in [0.05, 0.1) is 27.0 Å². The second kappa shape index (κ2) is 13.7. The number of anilines is 2. The van der Waals surface area contributed by atoms with E-state index in [1.807, 2.05) is 42.1 Å². The van der Waals surface area contributed by atoms with Gasteiger partial charge in [-0.3, -0.25) is 0 Å². The minimum atomic E-state index is 0.430. The van der Waals surface area contributed by atoms with Gasteiger partial charge in [-0.25, -0.2) is 9.97 Å². The van der Waals surface area contributed by atoms with Crippen LogP contribution in [0.1, 0.15) is 55.6 Å². The molecule has 9 heteroatoms. The van der Waals surface area contributed by atoms with Crippen molar-refractivity contribution in [2.24, 2.45) is 0 Å². The Morgan fingerprint density at radius 1 is 1.18 bits per heavy atom. The maximum absolute atomic E-state index is 10.0. The van der Waals surface area contributed by atoms with Crippen LogP contribution in [-0.4, -0.2) is 58.9 Å². The number of nitrogens with zero attached hydrogens (tertiary/aromatic N) is 4. The van der Waals surface area contributed by atoms with E-state index in [1.165, 1.54) is 49.4 Å². The summed E-state index contributed by atoms with van der Waals surface area (Å²) in [6.07, 6.45) is 10.9. The SMILES string of the molecule is CSc1sc(-c2ccnc(Nc3cccc(OCCCN4CCSCC4)c3)n2)c(C2CCCCC2)c1C#N. The summed E-state index contributed by atoms with van der Waals surface area (Å²) in [5.41, 5.74) is 3.83. The fourth-order valence-corrected chi connectivity index (χ4v) is 8.25. The molecule has 1 aromatic carbocycles. The number of thioether (sulfide) groups is 2. The van der Waals surface area contributed by atoms with E-state index < -0.39 is 0 Å². The summed E-state index contributed by atoms with van der Waals surface area (Å²) in [4.78, 5) is 13.0. The normalized spacial score (nSPS) is 16.7. The van der Waals surface area contributed by atoms with Crippen LogP contribution in [0, 0.1) is 11.3 Å². The van der Waals surface area contributed by atoms with Gasteiger partial charge in [-0.05, 0) is 55.2 Å². The molecule has 3 heterocycles. The second-order valence-electron chi connectivity index (χ2n) is 9.73. The zero-order chi connectivity index (χ0) is 26.2. The predicted octanol–water partition coefficient (Wildman–Crippen LogP) is 7.41. The molecule has 0 atom stereocenters. The molecule has 38 heavy (non-hydrogen) atoms. The second-order valence-corrected chi connectivity index (χ2v) is 13.1. The number of benzene rings is 1. The van der Waals surface area contributed by atoms with Gasteiger partial charge < -0.3 is 15.0 Å². The van der Waals surface area contributed by atoms with Crippen molar-refractivity contribution in [2.45, 2.75) is 48.7 Å². The molecule has 1 saturated heterocycles. The summed E-state index contributed by atoms with van der Waals surface area (Å²) in [6, 6.07) is 12.5. The lowest BCUT2D eigenvalue weighted by Gasteiger charge is -2.25. The third-order valence-corrected chi connectivity index (χ3v) is 10.5. The van der Waals surface area contributed by atoms with Crippen LogP contribution in [0.5, 0.6) is 5.75 Å². The van der Waals surface area contributed by atoms with Gasteiger partial charge in [-0.15, -0.1) is 23.1 Å². The Balaban J connectivity index is 1.28. The van der Waals surface area contributed by atoms with E-state index in [1.54, 1.807) is 29.3 Å². The summed E-state index contributed by atoms with van der Waals surface area (Å²) in [5, 5.41) is 13.4. The van der Waals surface area contributed by atoms with Crippen molar-refractivity contribution >= 4 is 46.5 Å². The minimum Gasteiger partial charge on any atom is -0.493 e. The molecular weight excluding hydrogens is 531 g/mol. The highest BCUT2D eigenvalue weighted by atomic mass is 32.2. The summed E-state index contributed by atoms with van der Waals surface area (Å²) < 4.78 is 7.13. The molecule has 3 aromatic rings. The van der Waals surface area contributed by atoms with Crippen molar-refractivity contribution in [1.29, 1.82) is 5.26 Å². The number of hydrogen-bond donors (Lipinski definition) is 1. The van der Waals surface area contributed by atoms with Crippen LogP contribution < -0.4 is 10.1 Å². The molecule has 6 nitrogen and oxygen atoms in total. The van der Waals surface area contributed by atoms with E-state index in [-0.39, 0.29) is 0 Å². The van der Waals surface area contributed by atoms with Crippen LogP contribution in [0.25, 0.3) is 10.6 Å². The van der Waals surface area contributed by atoms with E-state index in [2.05, 4.69) is 27.5 Å². The molecule has 0 spiro atoms. The molecule has 1 aliphatic heterocycles. The molecule has 5 rings (SSSR count). The fraction of sp³-hybridized carbons (Fsp3) is 0.483. The van der Waals surface area contributed by atoms with Gasteiger partial charge in [0.25, 0.3) is 0 Å². The first-order valence-electron chi connectivity index (χ1n) is 13.5. The molecule has 2 aliphatic rings. The molecule has 0 amide bonds.